The Bertz CT molecular complexity index is 641. The van der Waals surface area contributed by atoms with Crippen LogP contribution in [0.5, 0.6) is 0 Å². The summed E-state index contributed by atoms with van der Waals surface area (Å²) in [5.74, 6) is 0. The third-order valence-corrected chi connectivity index (χ3v) is 5.74. The van der Waals surface area contributed by atoms with E-state index in [1.807, 2.05) is 30.3 Å². The van der Waals surface area contributed by atoms with Gasteiger partial charge >= 0.3 is 0 Å². The first-order valence-electron chi connectivity index (χ1n) is 6.45. The molecule has 0 aliphatic carbocycles. The Hall–Kier alpha value is -1.70. The Balaban J connectivity index is 2.17. The number of hydrogen-bond acceptors (Lipinski definition) is 0. The molecule has 0 N–H and O–H groups in total. The minimum absolute atomic E-state index is 0.158. The van der Waals surface area contributed by atoms with Crippen LogP contribution in [0.15, 0.2) is 99.6 Å². The topological polar surface area (TPSA) is 0 Å². The van der Waals surface area contributed by atoms with Crippen LogP contribution in [-0.2, 0) is 10.9 Å². The van der Waals surface area contributed by atoms with Gasteiger partial charge in [0.15, 0.2) is 14.7 Å². The average Bonchev–Trinajstić information content (AvgIpc) is 2.52. The largest absolute Gasteiger partial charge is 0.185 e. The van der Waals surface area contributed by atoms with Crippen molar-refractivity contribution in [2.24, 2.45) is 0 Å². The van der Waals surface area contributed by atoms with Crippen LogP contribution < -0.4 is 0 Å². The van der Waals surface area contributed by atoms with Crippen molar-refractivity contribution in [1.82, 2.24) is 0 Å². The van der Waals surface area contributed by atoms with Crippen LogP contribution in [0.1, 0.15) is 0 Å². The zero-order valence-electron chi connectivity index (χ0n) is 10.9. The van der Waals surface area contributed by atoms with Gasteiger partial charge in [0.25, 0.3) is 0 Å². The molecule has 0 heterocycles. The van der Waals surface area contributed by atoms with E-state index in [0.29, 0.717) is 0 Å². The maximum Gasteiger partial charge on any atom is 0.185 e. The van der Waals surface area contributed by atoms with Gasteiger partial charge in [-0.1, -0.05) is 60.1 Å². The molecule has 0 aliphatic heterocycles. The molecule has 3 aromatic rings. The zero-order chi connectivity index (χ0) is 13.8. The van der Waals surface area contributed by atoms with Gasteiger partial charge in [-0.05, 0) is 36.4 Å². The van der Waals surface area contributed by atoms with E-state index in [4.69, 9.17) is 11.6 Å². The first kappa shape index (κ1) is 13.3. The molecule has 0 nitrogen and oxygen atoms in total. The van der Waals surface area contributed by atoms with Crippen LogP contribution in [0.2, 0.25) is 5.02 Å². The molecule has 98 valence electrons. The van der Waals surface area contributed by atoms with E-state index in [1.165, 1.54) is 14.7 Å². The second-order valence-corrected chi connectivity index (χ2v) is 6.76. The molecule has 0 fully saturated rings. The summed E-state index contributed by atoms with van der Waals surface area (Å²) in [6, 6.07) is 29.2. The molecule has 3 rings (SSSR count). The van der Waals surface area contributed by atoms with E-state index in [2.05, 4.69) is 54.6 Å². The molecule has 0 saturated carbocycles. The van der Waals surface area contributed by atoms with Crippen molar-refractivity contribution in [2.45, 2.75) is 14.7 Å². The number of hydrogen-bond donors (Lipinski definition) is 0. The van der Waals surface area contributed by atoms with Gasteiger partial charge in [-0.15, -0.1) is 0 Å². The third-order valence-electron chi connectivity index (χ3n) is 3.01. The van der Waals surface area contributed by atoms with E-state index < -0.39 is 0 Å². The lowest BCUT2D eigenvalue weighted by Gasteiger charge is -2.08. The molecule has 0 amide bonds. The van der Waals surface area contributed by atoms with Crippen LogP contribution in [-0.4, -0.2) is 0 Å². The van der Waals surface area contributed by atoms with Crippen LogP contribution in [0.25, 0.3) is 0 Å². The van der Waals surface area contributed by atoms with Crippen LogP contribution in [0, 0.1) is 0 Å². The molecule has 0 aliphatic rings. The van der Waals surface area contributed by atoms with E-state index in [0.717, 1.165) is 5.02 Å². The lowest BCUT2D eigenvalue weighted by molar-refractivity contribution is 1.32. The van der Waals surface area contributed by atoms with Gasteiger partial charge in [0.1, 0.15) is 10.9 Å². The Morgan fingerprint density at radius 2 is 1.00 bits per heavy atom. The molecule has 0 atom stereocenters. The second kappa shape index (κ2) is 6.17. The normalized spacial score (nSPS) is 10.7. The number of rotatable bonds is 3. The van der Waals surface area contributed by atoms with Crippen molar-refractivity contribution >= 4 is 22.5 Å². The fourth-order valence-corrected chi connectivity index (χ4v) is 4.60. The van der Waals surface area contributed by atoms with Crippen LogP contribution in [0.3, 0.4) is 0 Å². The molecular weight excluding hydrogens is 284 g/mol. The van der Waals surface area contributed by atoms with Crippen molar-refractivity contribution in [1.29, 1.82) is 0 Å². The summed E-state index contributed by atoms with van der Waals surface area (Å²) in [6.45, 7) is 0. The molecule has 0 radical (unpaired) electrons. The highest BCUT2D eigenvalue weighted by atomic mass is 35.5. The smallest absolute Gasteiger partial charge is 0.0788 e. The van der Waals surface area contributed by atoms with Gasteiger partial charge in [-0.25, -0.2) is 0 Å². The van der Waals surface area contributed by atoms with Gasteiger partial charge in [0.2, 0.25) is 0 Å². The molecule has 2 heteroatoms. The predicted octanol–water partition coefficient (Wildman–Crippen LogP) is 5.44. The number of benzene rings is 3. The summed E-state index contributed by atoms with van der Waals surface area (Å²) in [4.78, 5) is 3.74. The Kier molecular flexibility index (Phi) is 4.10. The SMILES string of the molecule is Clc1ccccc1[S+](c1ccccc1)c1ccccc1. The minimum atomic E-state index is -0.158. The molecule has 0 bridgehead atoms. The summed E-state index contributed by atoms with van der Waals surface area (Å²) in [5.41, 5.74) is 0. The van der Waals surface area contributed by atoms with Crippen LogP contribution in [0.4, 0.5) is 0 Å². The predicted molar refractivity (Wildman–Crippen MR) is 86.5 cm³/mol. The van der Waals surface area contributed by atoms with Gasteiger partial charge < -0.3 is 0 Å². The van der Waals surface area contributed by atoms with Crippen molar-refractivity contribution < 1.29 is 0 Å². The monoisotopic (exact) mass is 297 g/mol. The highest BCUT2D eigenvalue weighted by molar-refractivity contribution is 7.97. The van der Waals surface area contributed by atoms with Gasteiger partial charge in [0, 0.05) is 0 Å². The third kappa shape index (κ3) is 2.74. The second-order valence-electron chi connectivity index (χ2n) is 4.36. The molecule has 0 unspecified atom stereocenters. The quantitative estimate of drug-likeness (QED) is 0.565. The maximum atomic E-state index is 6.43. The average molecular weight is 298 g/mol. The molecular formula is C18H14ClS+. The highest BCUT2D eigenvalue weighted by Gasteiger charge is 2.30. The fraction of sp³-hybridized carbons (Fsp3) is 0. The van der Waals surface area contributed by atoms with Gasteiger partial charge in [-0.3, -0.25) is 0 Å². The van der Waals surface area contributed by atoms with E-state index >= 15 is 0 Å². The summed E-state index contributed by atoms with van der Waals surface area (Å²) < 4.78 is 0. The first-order chi connectivity index (χ1) is 9.86. The van der Waals surface area contributed by atoms with Crippen LogP contribution >= 0.6 is 11.6 Å². The Morgan fingerprint density at radius 1 is 0.550 bits per heavy atom. The maximum absolute atomic E-state index is 6.43. The van der Waals surface area contributed by atoms with Gasteiger partial charge in [-0.2, -0.15) is 0 Å². The zero-order valence-corrected chi connectivity index (χ0v) is 12.4. The Labute approximate surface area is 127 Å². The fourth-order valence-electron chi connectivity index (χ4n) is 2.11. The lowest BCUT2D eigenvalue weighted by Crippen LogP contribution is -2.05. The highest BCUT2D eigenvalue weighted by Crippen LogP contribution is 2.34. The summed E-state index contributed by atoms with van der Waals surface area (Å²) in [7, 11) is -0.158. The standard InChI is InChI=1S/C18H14ClS/c19-17-13-7-8-14-18(17)20(15-9-3-1-4-10-15)16-11-5-2-6-12-16/h1-14H/q+1. The van der Waals surface area contributed by atoms with Crippen molar-refractivity contribution in [3.63, 3.8) is 0 Å². The van der Waals surface area contributed by atoms with E-state index in [-0.39, 0.29) is 10.9 Å². The molecule has 0 spiro atoms. The molecule has 20 heavy (non-hydrogen) atoms. The Morgan fingerprint density at radius 3 is 1.50 bits per heavy atom. The summed E-state index contributed by atoms with van der Waals surface area (Å²) in [6.07, 6.45) is 0. The lowest BCUT2D eigenvalue weighted by atomic mass is 10.4. The van der Waals surface area contributed by atoms with Crippen molar-refractivity contribution in [2.75, 3.05) is 0 Å². The van der Waals surface area contributed by atoms with Crippen molar-refractivity contribution in [3.05, 3.63) is 90.0 Å². The summed E-state index contributed by atoms with van der Waals surface area (Å²) in [5, 5.41) is 0.823. The molecule has 0 saturated heterocycles. The number of halogens is 1. The summed E-state index contributed by atoms with van der Waals surface area (Å²) >= 11 is 6.43. The van der Waals surface area contributed by atoms with E-state index in [9.17, 15) is 0 Å². The van der Waals surface area contributed by atoms with Gasteiger partial charge in [0.05, 0.1) is 5.02 Å². The molecule has 0 aromatic heterocycles. The minimum Gasteiger partial charge on any atom is -0.0788 e. The van der Waals surface area contributed by atoms with E-state index in [1.54, 1.807) is 0 Å². The molecule has 3 aromatic carbocycles. The van der Waals surface area contributed by atoms with Crippen molar-refractivity contribution in [3.8, 4) is 0 Å². The first-order valence-corrected chi connectivity index (χ1v) is 8.05.